The lowest BCUT2D eigenvalue weighted by molar-refractivity contribution is 1.34. The summed E-state index contributed by atoms with van der Waals surface area (Å²) in [6, 6.07) is 8.90. The molecule has 0 aliphatic rings. The van der Waals surface area contributed by atoms with Crippen molar-refractivity contribution in [3.63, 3.8) is 0 Å². The molecule has 2 rings (SSSR count). The second-order valence-electron chi connectivity index (χ2n) is 4.11. The first-order valence-electron chi connectivity index (χ1n) is 9.07. The Morgan fingerprint density at radius 3 is 0.864 bits per heavy atom. The van der Waals surface area contributed by atoms with E-state index in [-0.39, 0.29) is 0 Å². The van der Waals surface area contributed by atoms with E-state index in [1.54, 1.807) is 0 Å². The highest BCUT2D eigenvalue weighted by atomic mass is 14.1. The first-order valence-corrected chi connectivity index (χ1v) is 9.07. The van der Waals surface area contributed by atoms with Gasteiger partial charge in [0.15, 0.2) is 0 Å². The third-order valence-corrected chi connectivity index (χ3v) is 3.28. The molecule has 22 heavy (non-hydrogen) atoms. The van der Waals surface area contributed by atoms with E-state index in [0.29, 0.717) is 0 Å². The summed E-state index contributed by atoms with van der Waals surface area (Å²) in [7, 11) is 0. The van der Waals surface area contributed by atoms with E-state index in [2.05, 4.69) is 52.0 Å². The van der Waals surface area contributed by atoms with Gasteiger partial charge in [0.1, 0.15) is 0 Å². The topological polar surface area (TPSA) is 0 Å². The second kappa shape index (κ2) is 16.1. The Bertz CT molecular complexity index is 446. The molecule has 0 N–H and O–H groups in total. The number of hydrogen-bond donors (Lipinski definition) is 0. The van der Waals surface area contributed by atoms with Crippen LogP contribution >= 0.6 is 0 Å². The van der Waals surface area contributed by atoms with Gasteiger partial charge in [-0.1, -0.05) is 79.7 Å². The predicted octanol–water partition coefficient (Wildman–Crippen LogP) is 8.18. The fourth-order valence-corrected chi connectivity index (χ4v) is 1.93. The normalized spacial score (nSPS) is 8.00. The molecule has 0 amide bonds. The minimum absolute atomic E-state index is 1.38. The van der Waals surface area contributed by atoms with Crippen molar-refractivity contribution in [1.29, 1.82) is 0 Å². The Morgan fingerprint density at radius 2 is 0.636 bits per heavy atom. The molecular weight excluding hydrogens is 264 g/mol. The average molecular weight is 305 g/mol. The zero-order valence-electron chi connectivity index (χ0n) is 17.3. The van der Waals surface area contributed by atoms with Crippen LogP contribution in [0.15, 0.2) is 24.3 Å². The fourth-order valence-electron chi connectivity index (χ4n) is 1.93. The van der Waals surface area contributed by atoms with Crippen molar-refractivity contribution in [3.05, 3.63) is 46.5 Å². The van der Waals surface area contributed by atoms with E-state index >= 15 is 0 Å². The third-order valence-electron chi connectivity index (χ3n) is 3.28. The zero-order chi connectivity index (χ0) is 18.3. The number of aryl methyl sites for hydroxylation is 4. The van der Waals surface area contributed by atoms with Gasteiger partial charge in [-0.2, -0.15) is 0 Å². The molecule has 0 saturated carbocycles. The molecule has 0 heteroatoms. The maximum Gasteiger partial charge on any atom is -0.0149 e. The zero-order valence-corrected chi connectivity index (χ0v) is 17.3. The molecule has 0 saturated heterocycles. The van der Waals surface area contributed by atoms with Crippen LogP contribution in [0.4, 0.5) is 0 Å². The lowest BCUT2D eigenvalue weighted by Crippen LogP contribution is -1.88. The largest absolute Gasteiger partial charge is 0.0683 e. The molecule has 0 heterocycles. The third kappa shape index (κ3) is 7.11. The van der Waals surface area contributed by atoms with Gasteiger partial charge in [0.05, 0.1) is 0 Å². The summed E-state index contributed by atoms with van der Waals surface area (Å²) in [5.41, 5.74) is 5.57. The monoisotopic (exact) mass is 304 g/mol. The van der Waals surface area contributed by atoms with E-state index in [1.807, 2.05) is 55.4 Å². The lowest BCUT2D eigenvalue weighted by atomic mass is 9.95. The highest BCUT2D eigenvalue weighted by Crippen LogP contribution is 2.25. The number of benzene rings is 2. The van der Waals surface area contributed by atoms with Crippen LogP contribution in [0.5, 0.6) is 0 Å². The van der Waals surface area contributed by atoms with E-state index in [0.717, 1.165) is 0 Å². The summed E-state index contributed by atoms with van der Waals surface area (Å²) >= 11 is 0. The average Bonchev–Trinajstić information content (AvgIpc) is 2.61. The molecule has 0 aromatic heterocycles. The summed E-state index contributed by atoms with van der Waals surface area (Å²) in [5, 5.41) is 2.79. The van der Waals surface area contributed by atoms with Crippen LogP contribution in [-0.2, 0) is 0 Å². The quantitative estimate of drug-likeness (QED) is 0.460. The van der Waals surface area contributed by atoms with Gasteiger partial charge in [-0.3, -0.25) is 0 Å². The Morgan fingerprint density at radius 1 is 0.409 bits per heavy atom. The van der Waals surface area contributed by atoms with Crippen molar-refractivity contribution in [2.75, 3.05) is 0 Å². The van der Waals surface area contributed by atoms with Gasteiger partial charge in [0.25, 0.3) is 0 Å². The highest BCUT2D eigenvalue weighted by molar-refractivity contribution is 5.90. The smallest absolute Gasteiger partial charge is 0.0149 e. The summed E-state index contributed by atoms with van der Waals surface area (Å²) < 4.78 is 0. The lowest BCUT2D eigenvalue weighted by Gasteiger charge is -2.09. The van der Waals surface area contributed by atoms with Crippen LogP contribution in [0, 0.1) is 27.7 Å². The minimum atomic E-state index is 1.38. The summed E-state index contributed by atoms with van der Waals surface area (Å²) in [6.07, 6.45) is 0. The van der Waals surface area contributed by atoms with Gasteiger partial charge in [0, 0.05) is 0 Å². The predicted molar refractivity (Wildman–Crippen MR) is 108 cm³/mol. The molecule has 0 aliphatic heterocycles. The van der Waals surface area contributed by atoms with E-state index in [4.69, 9.17) is 0 Å². The first-order chi connectivity index (χ1) is 10.6. The molecule has 0 spiro atoms. The van der Waals surface area contributed by atoms with Gasteiger partial charge in [0.2, 0.25) is 0 Å². The fraction of sp³-hybridized carbons (Fsp3) is 0.545. The van der Waals surface area contributed by atoms with E-state index in [9.17, 15) is 0 Å². The van der Waals surface area contributed by atoms with Crippen LogP contribution in [-0.4, -0.2) is 0 Å². The molecule has 0 radical (unpaired) electrons. The standard InChI is InChI=1S/C14H16.4C2H6/c1-9-5-7-14-12(4)10(2)6-8-13(14)11(9)3;4*1-2/h5-8H,1-4H3;4*1-2H3. The van der Waals surface area contributed by atoms with Crippen LogP contribution in [0.25, 0.3) is 10.8 Å². The van der Waals surface area contributed by atoms with Crippen molar-refractivity contribution in [3.8, 4) is 0 Å². The Hall–Kier alpha value is -1.30. The number of fused-ring (bicyclic) bond motifs is 1. The molecule has 0 unspecified atom stereocenters. The molecule has 2 aromatic carbocycles. The molecule has 0 nitrogen and oxygen atoms in total. The summed E-state index contributed by atoms with van der Waals surface area (Å²) in [5.74, 6) is 0. The Kier molecular flexibility index (Phi) is 18.7. The van der Waals surface area contributed by atoms with Gasteiger partial charge < -0.3 is 0 Å². The summed E-state index contributed by atoms with van der Waals surface area (Å²) in [4.78, 5) is 0. The van der Waals surface area contributed by atoms with E-state index < -0.39 is 0 Å². The number of hydrogen-bond acceptors (Lipinski definition) is 0. The maximum atomic E-state index is 2.24. The van der Waals surface area contributed by atoms with Crippen LogP contribution in [0.2, 0.25) is 0 Å². The molecule has 128 valence electrons. The summed E-state index contributed by atoms with van der Waals surface area (Å²) in [6.45, 7) is 24.7. The first kappa shape index (κ1) is 25.6. The van der Waals surface area contributed by atoms with Crippen molar-refractivity contribution in [1.82, 2.24) is 0 Å². The van der Waals surface area contributed by atoms with Gasteiger partial charge in [-0.15, -0.1) is 0 Å². The minimum Gasteiger partial charge on any atom is -0.0683 e. The molecule has 0 bridgehead atoms. The van der Waals surface area contributed by atoms with Crippen molar-refractivity contribution < 1.29 is 0 Å². The Labute approximate surface area is 141 Å². The molecule has 0 aliphatic carbocycles. The second-order valence-corrected chi connectivity index (χ2v) is 4.11. The maximum absolute atomic E-state index is 2.24. The van der Waals surface area contributed by atoms with Crippen molar-refractivity contribution in [2.24, 2.45) is 0 Å². The molecular formula is C22H40. The van der Waals surface area contributed by atoms with Crippen molar-refractivity contribution >= 4 is 10.8 Å². The van der Waals surface area contributed by atoms with Crippen LogP contribution < -0.4 is 0 Å². The van der Waals surface area contributed by atoms with E-state index in [1.165, 1.54) is 33.0 Å². The Balaban J connectivity index is -0.000000394. The molecule has 2 aromatic rings. The highest BCUT2D eigenvalue weighted by Gasteiger charge is 2.03. The van der Waals surface area contributed by atoms with Gasteiger partial charge in [-0.25, -0.2) is 0 Å². The van der Waals surface area contributed by atoms with Crippen LogP contribution in [0.3, 0.4) is 0 Å². The number of rotatable bonds is 0. The molecule has 0 atom stereocenters. The molecule has 0 fully saturated rings. The van der Waals surface area contributed by atoms with Crippen molar-refractivity contribution in [2.45, 2.75) is 83.1 Å². The van der Waals surface area contributed by atoms with Gasteiger partial charge in [-0.05, 0) is 60.7 Å². The van der Waals surface area contributed by atoms with Crippen LogP contribution in [0.1, 0.15) is 77.6 Å². The van der Waals surface area contributed by atoms with Gasteiger partial charge >= 0.3 is 0 Å². The SMILES string of the molecule is CC.CC.CC.CC.Cc1ccc2c(C)c(C)ccc2c1C.